The van der Waals surface area contributed by atoms with E-state index < -0.39 is 17.7 Å². The molecule has 2 aromatic rings. The molecule has 6 heteroatoms. The fourth-order valence-electron chi connectivity index (χ4n) is 4.19. The largest absolute Gasteiger partial charge is 0.507 e. The van der Waals surface area contributed by atoms with Gasteiger partial charge in [-0.2, -0.15) is 0 Å². The summed E-state index contributed by atoms with van der Waals surface area (Å²) in [5.41, 5.74) is 1.38. The van der Waals surface area contributed by atoms with E-state index >= 15 is 0 Å². The summed E-state index contributed by atoms with van der Waals surface area (Å²) in [6, 6.07) is 9.78. The van der Waals surface area contributed by atoms with Gasteiger partial charge in [0.05, 0.1) is 18.7 Å². The van der Waals surface area contributed by atoms with Gasteiger partial charge in [0.25, 0.3) is 11.7 Å². The summed E-state index contributed by atoms with van der Waals surface area (Å²) in [7, 11) is 1.56. The van der Waals surface area contributed by atoms with Crippen molar-refractivity contribution in [2.24, 2.45) is 0 Å². The number of aliphatic hydroxyl groups excluding tert-OH is 1. The van der Waals surface area contributed by atoms with E-state index in [1.54, 1.807) is 60.8 Å². The first-order valence-electron chi connectivity index (χ1n) is 9.46. The van der Waals surface area contributed by atoms with E-state index in [4.69, 9.17) is 4.74 Å². The zero-order valence-corrected chi connectivity index (χ0v) is 15.7. The van der Waals surface area contributed by atoms with Crippen molar-refractivity contribution in [1.82, 2.24) is 9.88 Å². The van der Waals surface area contributed by atoms with Crippen LogP contribution in [0.1, 0.15) is 42.9 Å². The Hall–Kier alpha value is -3.15. The molecule has 1 atom stereocenters. The summed E-state index contributed by atoms with van der Waals surface area (Å²) in [5, 5.41) is 11.0. The molecule has 2 heterocycles. The van der Waals surface area contributed by atoms with Crippen molar-refractivity contribution in [2.75, 3.05) is 7.11 Å². The fourth-order valence-corrected chi connectivity index (χ4v) is 4.19. The summed E-state index contributed by atoms with van der Waals surface area (Å²) in [5.74, 6) is -0.692. The highest BCUT2D eigenvalue weighted by molar-refractivity contribution is 6.46. The number of aromatic nitrogens is 1. The number of hydrogen-bond acceptors (Lipinski definition) is 5. The molecule has 1 aliphatic heterocycles. The number of benzene rings is 1. The molecule has 0 spiro atoms. The van der Waals surface area contributed by atoms with Crippen LogP contribution in [0.2, 0.25) is 0 Å². The summed E-state index contributed by atoms with van der Waals surface area (Å²) in [6.45, 7) is 0. The van der Waals surface area contributed by atoms with Crippen molar-refractivity contribution in [1.29, 1.82) is 0 Å². The normalized spacial score (nSPS) is 22.0. The molecule has 2 aliphatic rings. The Balaban J connectivity index is 1.85. The van der Waals surface area contributed by atoms with Crippen LogP contribution in [0.4, 0.5) is 0 Å². The van der Waals surface area contributed by atoms with E-state index in [1.165, 1.54) is 0 Å². The maximum atomic E-state index is 12.9. The number of nitrogens with zero attached hydrogens (tertiary/aromatic N) is 2. The second kappa shape index (κ2) is 7.46. The molecule has 28 heavy (non-hydrogen) atoms. The van der Waals surface area contributed by atoms with Crippen LogP contribution < -0.4 is 4.74 Å². The number of pyridine rings is 1. The van der Waals surface area contributed by atoms with E-state index in [1.807, 2.05) is 0 Å². The third-order valence-corrected chi connectivity index (χ3v) is 5.58. The Bertz CT molecular complexity index is 915. The predicted molar refractivity (Wildman–Crippen MR) is 104 cm³/mol. The van der Waals surface area contributed by atoms with Gasteiger partial charge in [-0.3, -0.25) is 14.6 Å². The Morgan fingerprint density at radius 2 is 1.71 bits per heavy atom. The molecule has 1 N–H and O–H groups in total. The average Bonchev–Trinajstić information content (AvgIpc) is 3.35. The number of ketones is 1. The number of amides is 1. The van der Waals surface area contributed by atoms with Gasteiger partial charge in [0.2, 0.25) is 0 Å². The SMILES string of the molecule is COc1ccc(/C(O)=C2/C(=O)C(=O)N(C3CCCC3)C2c2ccncc2)cc1. The van der Waals surface area contributed by atoms with Crippen molar-refractivity contribution < 1.29 is 19.4 Å². The van der Waals surface area contributed by atoms with Crippen molar-refractivity contribution in [3.63, 3.8) is 0 Å². The minimum Gasteiger partial charge on any atom is -0.507 e. The van der Waals surface area contributed by atoms with Gasteiger partial charge < -0.3 is 14.7 Å². The van der Waals surface area contributed by atoms with Gasteiger partial charge in [-0.1, -0.05) is 12.8 Å². The fraction of sp³-hybridized carbons (Fsp3) is 0.318. The second-order valence-electron chi connectivity index (χ2n) is 7.15. The van der Waals surface area contributed by atoms with Gasteiger partial charge in [-0.05, 0) is 54.8 Å². The molecule has 1 amide bonds. The van der Waals surface area contributed by atoms with Crippen molar-refractivity contribution in [3.8, 4) is 5.75 Å². The first-order valence-corrected chi connectivity index (χ1v) is 9.46. The van der Waals surface area contributed by atoms with Gasteiger partial charge in [-0.25, -0.2) is 0 Å². The molecule has 1 aliphatic carbocycles. The lowest BCUT2D eigenvalue weighted by Gasteiger charge is -2.30. The van der Waals surface area contributed by atoms with Crippen LogP contribution in [0.3, 0.4) is 0 Å². The first-order chi connectivity index (χ1) is 13.6. The highest BCUT2D eigenvalue weighted by Crippen LogP contribution is 2.43. The average molecular weight is 378 g/mol. The number of rotatable bonds is 4. The molecule has 1 saturated heterocycles. The van der Waals surface area contributed by atoms with Gasteiger partial charge in [0, 0.05) is 24.0 Å². The number of likely N-dealkylation sites (tertiary alicyclic amines) is 1. The maximum absolute atomic E-state index is 12.9. The number of Topliss-reactive ketones (excluding diaryl/α,β-unsaturated/α-hetero) is 1. The van der Waals surface area contributed by atoms with Crippen LogP contribution in [0.15, 0.2) is 54.4 Å². The predicted octanol–water partition coefficient (Wildman–Crippen LogP) is 3.45. The molecule has 1 unspecified atom stereocenters. The Kier molecular flexibility index (Phi) is 4.86. The van der Waals surface area contributed by atoms with E-state index in [9.17, 15) is 14.7 Å². The molecule has 1 saturated carbocycles. The van der Waals surface area contributed by atoms with E-state index in [0.717, 1.165) is 31.2 Å². The van der Waals surface area contributed by atoms with Gasteiger partial charge in [0.1, 0.15) is 11.5 Å². The minimum atomic E-state index is -0.637. The van der Waals surface area contributed by atoms with E-state index in [-0.39, 0.29) is 17.4 Å². The molecule has 6 nitrogen and oxygen atoms in total. The summed E-state index contributed by atoms with van der Waals surface area (Å²) >= 11 is 0. The quantitative estimate of drug-likeness (QED) is 0.501. The number of aliphatic hydroxyl groups is 1. The van der Waals surface area contributed by atoms with Gasteiger partial charge in [-0.15, -0.1) is 0 Å². The Morgan fingerprint density at radius 1 is 1.07 bits per heavy atom. The van der Waals surface area contributed by atoms with Gasteiger partial charge >= 0.3 is 0 Å². The molecule has 144 valence electrons. The van der Waals surface area contributed by atoms with Crippen LogP contribution in [0, 0.1) is 0 Å². The molecule has 2 fully saturated rings. The Morgan fingerprint density at radius 3 is 2.32 bits per heavy atom. The Labute approximate surface area is 163 Å². The molecular formula is C22H22N2O4. The second-order valence-corrected chi connectivity index (χ2v) is 7.15. The number of carbonyl (C=O) groups is 2. The lowest BCUT2D eigenvalue weighted by atomic mass is 9.95. The first kappa shape index (κ1) is 18.2. The molecule has 4 rings (SSSR count). The minimum absolute atomic E-state index is 0.00998. The number of methoxy groups -OCH3 is 1. The smallest absolute Gasteiger partial charge is 0.295 e. The number of hydrogen-bond donors (Lipinski definition) is 1. The molecular weight excluding hydrogens is 356 g/mol. The van der Waals surface area contributed by atoms with Crippen molar-refractivity contribution in [2.45, 2.75) is 37.8 Å². The van der Waals surface area contributed by atoms with Crippen molar-refractivity contribution >= 4 is 17.4 Å². The standard InChI is InChI=1S/C22H22N2O4/c1-28-17-8-6-15(7-9-17)20(25)18-19(14-10-12-23-13-11-14)24(22(27)21(18)26)16-4-2-3-5-16/h6-13,16,19,25H,2-5H2,1H3/b20-18-. The topological polar surface area (TPSA) is 79.7 Å². The molecule has 0 bridgehead atoms. The van der Waals surface area contributed by atoms with Crippen LogP contribution >= 0.6 is 0 Å². The lowest BCUT2D eigenvalue weighted by molar-refractivity contribution is -0.141. The van der Waals surface area contributed by atoms with Gasteiger partial charge in [0.15, 0.2) is 0 Å². The van der Waals surface area contributed by atoms with E-state index in [2.05, 4.69) is 4.98 Å². The molecule has 1 aromatic heterocycles. The van der Waals surface area contributed by atoms with Crippen LogP contribution in [0.25, 0.3) is 5.76 Å². The number of carbonyl (C=O) groups excluding carboxylic acids is 2. The lowest BCUT2D eigenvalue weighted by Crippen LogP contribution is -2.37. The monoisotopic (exact) mass is 378 g/mol. The highest BCUT2D eigenvalue weighted by Gasteiger charge is 2.49. The summed E-state index contributed by atoms with van der Waals surface area (Å²) in [4.78, 5) is 31.6. The summed E-state index contributed by atoms with van der Waals surface area (Å²) in [6.07, 6.45) is 7.09. The third kappa shape index (κ3) is 3.05. The maximum Gasteiger partial charge on any atom is 0.295 e. The van der Waals surface area contributed by atoms with Crippen LogP contribution in [0.5, 0.6) is 5.75 Å². The molecule has 1 aromatic carbocycles. The number of ether oxygens (including phenoxy) is 1. The van der Waals surface area contributed by atoms with Crippen LogP contribution in [-0.4, -0.2) is 39.8 Å². The van der Waals surface area contributed by atoms with Crippen LogP contribution in [-0.2, 0) is 9.59 Å². The zero-order valence-electron chi connectivity index (χ0n) is 15.7. The zero-order chi connectivity index (χ0) is 19.7. The third-order valence-electron chi connectivity index (χ3n) is 5.58. The summed E-state index contributed by atoms with van der Waals surface area (Å²) < 4.78 is 5.15. The molecule has 0 radical (unpaired) electrons. The van der Waals surface area contributed by atoms with Crippen molar-refractivity contribution in [3.05, 3.63) is 65.5 Å². The van der Waals surface area contributed by atoms with E-state index in [0.29, 0.717) is 11.3 Å². The highest BCUT2D eigenvalue weighted by atomic mass is 16.5.